The number of ether oxygens (including phenoxy) is 1. The highest BCUT2D eigenvalue weighted by molar-refractivity contribution is 7.82. The van der Waals surface area contributed by atoms with Crippen LogP contribution >= 0.6 is 12.8 Å². The summed E-state index contributed by atoms with van der Waals surface area (Å²) in [6, 6.07) is 11.9. The van der Waals surface area contributed by atoms with Gasteiger partial charge in [0.1, 0.15) is 17.3 Å². The first-order valence-corrected chi connectivity index (χ1v) is 5.54. The molecule has 18 heavy (non-hydrogen) atoms. The number of primary amides is 1. The lowest BCUT2D eigenvalue weighted by Crippen LogP contribution is -2.27. The van der Waals surface area contributed by atoms with Crippen LogP contribution in [0.25, 0.3) is 0 Å². The van der Waals surface area contributed by atoms with Gasteiger partial charge in [-0.15, -0.1) is 0 Å². The lowest BCUT2D eigenvalue weighted by atomic mass is 10.3. The van der Waals surface area contributed by atoms with Crippen molar-refractivity contribution in [2.75, 3.05) is 4.31 Å². The number of rotatable bonds is 3. The highest BCUT2D eigenvalue weighted by Gasteiger charge is 2.08. The molecule has 2 N–H and O–H groups in total. The molecule has 2 aromatic rings. The van der Waals surface area contributed by atoms with Gasteiger partial charge in [-0.3, -0.25) is 0 Å². The molecule has 0 bridgehead atoms. The van der Waals surface area contributed by atoms with E-state index in [1.165, 1.54) is 6.20 Å². The van der Waals surface area contributed by atoms with Gasteiger partial charge in [0.25, 0.3) is 0 Å². The van der Waals surface area contributed by atoms with E-state index in [1.54, 1.807) is 12.1 Å². The van der Waals surface area contributed by atoms with Crippen LogP contribution in [0.2, 0.25) is 0 Å². The second-order valence-electron chi connectivity index (χ2n) is 3.42. The summed E-state index contributed by atoms with van der Waals surface area (Å²) in [6.45, 7) is 0. The number of benzene rings is 1. The first-order chi connectivity index (χ1) is 8.66. The molecule has 0 atom stereocenters. The first kappa shape index (κ1) is 12.3. The van der Waals surface area contributed by atoms with Crippen molar-refractivity contribution in [3.63, 3.8) is 0 Å². The average Bonchev–Trinajstić information content (AvgIpc) is 2.40. The molecule has 0 radical (unpaired) electrons. The van der Waals surface area contributed by atoms with E-state index in [1.807, 2.05) is 30.3 Å². The Morgan fingerprint density at radius 1 is 1.17 bits per heavy atom. The van der Waals surface area contributed by atoms with Gasteiger partial charge in [-0.25, -0.2) is 14.1 Å². The molecule has 0 spiro atoms. The van der Waals surface area contributed by atoms with E-state index in [4.69, 9.17) is 10.5 Å². The summed E-state index contributed by atoms with van der Waals surface area (Å²) in [5.74, 6) is 1.62. The first-order valence-electron chi connectivity index (χ1n) is 5.14. The quantitative estimate of drug-likeness (QED) is 0.834. The number of nitrogens with two attached hydrogens (primary N) is 1. The number of nitrogens with zero attached hydrogens (tertiary/aromatic N) is 2. The number of aromatic nitrogens is 1. The van der Waals surface area contributed by atoms with Crippen LogP contribution in [0, 0.1) is 0 Å². The molecule has 6 heteroatoms. The predicted octanol–water partition coefficient (Wildman–Crippen LogP) is 2.60. The summed E-state index contributed by atoms with van der Waals surface area (Å²) in [5.41, 5.74) is 5.07. The SMILES string of the molecule is NC(=O)N(S)c1ccc(Oc2ccccc2)cn1. The number of para-hydroxylation sites is 1. The average molecular weight is 261 g/mol. The Bertz CT molecular complexity index is 531. The third-order valence-electron chi connectivity index (χ3n) is 2.13. The number of thiol groups is 1. The maximum atomic E-state index is 10.9. The fourth-order valence-corrected chi connectivity index (χ4v) is 1.41. The van der Waals surface area contributed by atoms with Crippen LogP contribution in [0.5, 0.6) is 11.5 Å². The zero-order valence-electron chi connectivity index (χ0n) is 9.35. The van der Waals surface area contributed by atoms with Crippen molar-refractivity contribution >= 4 is 24.7 Å². The van der Waals surface area contributed by atoms with Crippen molar-refractivity contribution in [2.24, 2.45) is 5.73 Å². The van der Waals surface area contributed by atoms with Gasteiger partial charge in [-0.05, 0) is 24.3 Å². The fourth-order valence-electron chi connectivity index (χ4n) is 1.30. The molecule has 2 rings (SSSR count). The van der Waals surface area contributed by atoms with E-state index < -0.39 is 6.03 Å². The van der Waals surface area contributed by atoms with Crippen LogP contribution in [0.15, 0.2) is 48.7 Å². The minimum absolute atomic E-state index is 0.339. The molecule has 1 aromatic carbocycles. The van der Waals surface area contributed by atoms with Gasteiger partial charge >= 0.3 is 6.03 Å². The summed E-state index contributed by atoms with van der Waals surface area (Å²) < 4.78 is 6.50. The summed E-state index contributed by atoms with van der Waals surface area (Å²) >= 11 is 3.90. The summed E-state index contributed by atoms with van der Waals surface area (Å²) in [6.07, 6.45) is 1.49. The normalized spacial score (nSPS) is 9.83. The molecule has 92 valence electrons. The highest BCUT2D eigenvalue weighted by Crippen LogP contribution is 2.22. The molecule has 0 fully saturated rings. The Morgan fingerprint density at radius 3 is 2.44 bits per heavy atom. The number of urea groups is 1. The van der Waals surface area contributed by atoms with E-state index in [9.17, 15) is 4.79 Å². The van der Waals surface area contributed by atoms with Gasteiger partial charge in [-0.1, -0.05) is 31.0 Å². The third kappa shape index (κ3) is 2.92. The molecule has 1 aromatic heterocycles. The maximum Gasteiger partial charge on any atom is 0.330 e. The molecule has 0 saturated heterocycles. The molecule has 0 unspecified atom stereocenters. The van der Waals surface area contributed by atoms with E-state index in [-0.39, 0.29) is 0 Å². The van der Waals surface area contributed by atoms with Crippen molar-refractivity contribution in [3.8, 4) is 11.5 Å². The smallest absolute Gasteiger partial charge is 0.330 e. The van der Waals surface area contributed by atoms with E-state index in [0.29, 0.717) is 17.3 Å². The minimum Gasteiger partial charge on any atom is -0.456 e. The zero-order chi connectivity index (χ0) is 13.0. The monoisotopic (exact) mass is 261 g/mol. The van der Waals surface area contributed by atoms with Crippen LogP contribution in [0.3, 0.4) is 0 Å². The Labute approximate surface area is 110 Å². The van der Waals surface area contributed by atoms with E-state index >= 15 is 0 Å². The number of carbonyl (C=O) groups is 1. The topological polar surface area (TPSA) is 68.5 Å². The number of amides is 2. The van der Waals surface area contributed by atoms with Crippen molar-refractivity contribution in [2.45, 2.75) is 0 Å². The Morgan fingerprint density at radius 2 is 1.89 bits per heavy atom. The van der Waals surface area contributed by atoms with Crippen LogP contribution < -0.4 is 14.8 Å². The largest absolute Gasteiger partial charge is 0.456 e. The van der Waals surface area contributed by atoms with Gasteiger partial charge in [0.15, 0.2) is 0 Å². The van der Waals surface area contributed by atoms with E-state index in [2.05, 4.69) is 17.8 Å². The number of hydrogen-bond donors (Lipinski definition) is 2. The molecule has 1 heterocycles. The molecule has 0 saturated carbocycles. The second kappa shape index (κ2) is 5.42. The van der Waals surface area contributed by atoms with Gasteiger partial charge in [0.05, 0.1) is 6.20 Å². The lowest BCUT2D eigenvalue weighted by Gasteiger charge is -2.11. The molecule has 2 amide bonds. The highest BCUT2D eigenvalue weighted by atomic mass is 32.1. The van der Waals surface area contributed by atoms with Crippen LogP contribution in [0.4, 0.5) is 10.6 Å². The lowest BCUT2D eigenvalue weighted by molar-refractivity contribution is 0.257. The maximum absolute atomic E-state index is 10.9. The molecular weight excluding hydrogens is 250 g/mol. The van der Waals surface area contributed by atoms with Crippen LogP contribution in [0.1, 0.15) is 0 Å². The Balaban J connectivity index is 2.11. The number of pyridine rings is 1. The third-order valence-corrected chi connectivity index (χ3v) is 2.53. The Hall–Kier alpha value is -2.21. The van der Waals surface area contributed by atoms with Crippen molar-refractivity contribution < 1.29 is 9.53 Å². The number of anilines is 1. The van der Waals surface area contributed by atoms with Crippen molar-refractivity contribution in [1.82, 2.24) is 4.98 Å². The van der Waals surface area contributed by atoms with Gasteiger partial charge in [0.2, 0.25) is 0 Å². The number of carbonyl (C=O) groups excluding carboxylic acids is 1. The van der Waals surface area contributed by atoms with Gasteiger partial charge < -0.3 is 10.5 Å². The summed E-state index contributed by atoms with van der Waals surface area (Å²) in [4.78, 5) is 14.9. The van der Waals surface area contributed by atoms with Crippen molar-refractivity contribution in [3.05, 3.63) is 48.7 Å². The fraction of sp³-hybridized carbons (Fsp3) is 0. The van der Waals surface area contributed by atoms with Gasteiger partial charge in [0, 0.05) is 0 Å². The molecule has 0 aliphatic rings. The standard InChI is InChI=1S/C12H11N3O2S/c13-12(16)15(18)11-7-6-10(8-14-11)17-9-4-2-1-3-5-9/h1-8,18H,(H2,13,16). The second-order valence-corrected chi connectivity index (χ2v) is 3.82. The van der Waals surface area contributed by atoms with Crippen molar-refractivity contribution in [1.29, 1.82) is 0 Å². The molecule has 0 aliphatic heterocycles. The predicted molar refractivity (Wildman–Crippen MR) is 71.8 cm³/mol. The summed E-state index contributed by atoms with van der Waals surface area (Å²) in [7, 11) is 0. The van der Waals surface area contributed by atoms with Gasteiger partial charge in [-0.2, -0.15) is 0 Å². The van der Waals surface area contributed by atoms with E-state index in [0.717, 1.165) is 4.31 Å². The minimum atomic E-state index is -0.692. The molecular formula is C12H11N3O2S. The Kier molecular flexibility index (Phi) is 3.69. The van der Waals surface area contributed by atoms with Crippen LogP contribution in [-0.2, 0) is 0 Å². The molecule has 0 aliphatic carbocycles. The summed E-state index contributed by atoms with van der Waals surface area (Å²) in [5, 5.41) is 0. The molecule has 5 nitrogen and oxygen atoms in total. The zero-order valence-corrected chi connectivity index (χ0v) is 10.2. The number of hydrogen-bond acceptors (Lipinski definition) is 4. The van der Waals surface area contributed by atoms with Crippen LogP contribution in [-0.4, -0.2) is 11.0 Å².